The van der Waals surface area contributed by atoms with E-state index in [0.29, 0.717) is 0 Å². The van der Waals surface area contributed by atoms with Crippen LogP contribution in [0.2, 0.25) is 5.02 Å². The van der Waals surface area contributed by atoms with Gasteiger partial charge in [-0.3, -0.25) is 0 Å². The van der Waals surface area contributed by atoms with Gasteiger partial charge in [-0.2, -0.15) is 0 Å². The van der Waals surface area contributed by atoms with Crippen LogP contribution in [0.3, 0.4) is 0 Å². The number of nitrogens with two attached hydrogens (primary N) is 1. The van der Waals surface area contributed by atoms with E-state index in [0.717, 1.165) is 16.1 Å². The van der Waals surface area contributed by atoms with Crippen molar-refractivity contribution in [3.8, 4) is 0 Å². The lowest BCUT2D eigenvalue weighted by molar-refractivity contribution is 0.912. The van der Waals surface area contributed by atoms with Gasteiger partial charge in [-0.15, -0.1) is 6.58 Å². The van der Waals surface area contributed by atoms with E-state index in [-0.39, 0.29) is 6.04 Å². The normalized spacial score (nSPS) is 12.6. The Hall–Kier alpha value is -0.790. The third kappa shape index (κ3) is 1.68. The molecule has 1 aromatic carbocycles. The second-order valence-corrected chi connectivity index (χ2v) is 3.12. The summed E-state index contributed by atoms with van der Waals surface area (Å²) in [6.45, 7) is 5.58. The minimum Gasteiger partial charge on any atom is -0.321 e. The van der Waals surface area contributed by atoms with Crippen LogP contribution in [0.4, 0.5) is 0 Å². The molecule has 1 aromatic rings. The van der Waals surface area contributed by atoms with Gasteiger partial charge in [0.15, 0.2) is 0 Å². The molecule has 0 saturated heterocycles. The predicted molar refractivity (Wildman–Crippen MR) is 53.3 cm³/mol. The van der Waals surface area contributed by atoms with Gasteiger partial charge in [0.05, 0.1) is 0 Å². The van der Waals surface area contributed by atoms with Crippen molar-refractivity contribution in [2.75, 3.05) is 0 Å². The molecule has 0 fully saturated rings. The summed E-state index contributed by atoms with van der Waals surface area (Å²) in [6.07, 6.45) is 1.68. The third-order valence-electron chi connectivity index (χ3n) is 1.83. The maximum atomic E-state index is 6.04. The lowest BCUT2D eigenvalue weighted by Crippen LogP contribution is -2.07. The van der Waals surface area contributed by atoms with E-state index in [1.54, 1.807) is 6.08 Å². The van der Waals surface area contributed by atoms with Gasteiger partial charge in [0.2, 0.25) is 0 Å². The smallest absolute Gasteiger partial charge is 0.0493 e. The molecule has 1 rings (SSSR count). The van der Waals surface area contributed by atoms with E-state index < -0.39 is 0 Å². The summed E-state index contributed by atoms with van der Waals surface area (Å²) in [5.74, 6) is 0. The van der Waals surface area contributed by atoms with E-state index in [1.165, 1.54) is 0 Å². The van der Waals surface area contributed by atoms with Crippen molar-refractivity contribution in [3.05, 3.63) is 47.0 Å². The highest BCUT2D eigenvalue weighted by Gasteiger charge is 2.06. The molecule has 0 heterocycles. The summed E-state index contributed by atoms with van der Waals surface area (Å²) in [4.78, 5) is 0. The highest BCUT2D eigenvalue weighted by atomic mass is 35.5. The Labute approximate surface area is 77.8 Å². The maximum absolute atomic E-state index is 6.04. The van der Waals surface area contributed by atoms with Gasteiger partial charge in [-0.05, 0) is 18.1 Å². The molecule has 0 radical (unpaired) electrons. The summed E-state index contributed by atoms with van der Waals surface area (Å²) < 4.78 is 0. The van der Waals surface area contributed by atoms with Crippen LogP contribution in [0.25, 0.3) is 0 Å². The molecule has 0 spiro atoms. The molecule has 0 aromatic heterocycles. The average Bonchev–Trinajstić information content (AvgIpc) is 2.08. The molecule has 1 unspecified atom stereocenters. The standard InChI is InChI=1S/C10H12ClN/c1-3-9(12)8-6-4-5-7(2)10(8)11/h3-6,9H,1,12H2,2H3. The van der Waals surface area contributed by atoms with Crippen LogP contribution < -0.4 is 5.73 Å². The number of rotatable bonds is 2. The molecule has 0 bridgehead atoms. The zero-order valence-electron chi connectivity index (χ0n) is 7.05. The quantitative estimate of drug-likeness (QED) is 0.698. The molecule has 2 heteroatoms. The molecule has 2 N–H and O–H groups in total. The predicted octanol–water partition coefficient (Wildman–Crippen LogP) is 2.83. The fraction of sp³-hybridized carbons (Fsp3) is 0.200. The number of aryl methyl sites for hydroxylation is 1. The van der Waals surface area contributed by atoms with Gasteiger partial charge >= 0.3 is 0 Å². The number of benzene rings is 1. The Morgan fingerprint density at radius 2 is 2.25 bits per heavy atom. The van der Waals surface area contributed by atoms with Crippen molar-refractivity contribution in [3.63, 3.8) is 0 Å². The Balaban J connectivity index is 3.15. The molecule has 1 nitrogen and oxygen atoms in total. The number of halogens is 1. The SMILES string of the molecule is C=CC(N)c1cccc(C)c1Cl. The van der Waals surface area contributed by atoms with E-state index in [4.69, 9.17) is 17.3 Å². The molecular weight excluding hydrogens is 170 g/mol. The second-order valence-electron chi connectivity index (χ2n) is 2.74. The molecule has 1 atom stereocenters. The van der Waals surface area contributed by atoms with Crippen molar-refractivity contribution >= 4 is 11.6 Å². The van der Waals surface area contributed by atoms with Gasteiger partial charge in [0, 0.05) is 11.1 Å². The molecule has 0 amide bonds. The fourth-order valence-electron chi connectivity index (χ4n) is 1.05. The zero-order chi connectivity index (χ0) is 9.14. The minimum absolute atomic E-state index is 0.169. The maximum Gasteiger partial charge on any atom is 0.0493 e. The summed E-state index contributed by atoms with van der Waals surface area (Å²) in [5.41, 5.74) is 7.75. The van der Waals surface area contributed by atoms with Gasteiger partial charge in [-0.1, -0.05) is 35.9 Å². The zero-order valence-corrected chi connectivity index (χ0v) is 7.81. The first-order valence-corrected chi connectivity index (χ1v) is 4.17. The van der Waals surface area contributed by atoms with Crippen molar-refractivity contribution in [1.29, 1.82) is 0 Å². The fourth-order valence-corrected chi connectivity index (χ4v) is 1.31. The summed E-state index contributed by atoms with van der Waals surface area (Å²) in [7, 11) is 0. The van der Waals surface area contributed by atoms with Crippen LogP contribution in [0.5, 0.6) is 0 Å². The first-order valence-electron chi connectivity index (χ1n) is 3.80. The van der Waals surface area contributed by atoms with E-state index in [1.807, 2.05) is 25.1 Å². The van der Waals surface area contributed by atoms with Crippen LogP contribution >= 0.6 is 11.6 Å². The summed E-state index contributed by atoms with van der Waals surface area (Å²) in [6, 6.07) is 5.65. The molecule has 0 saturated carbocycles. The Morgan fingerprint density at radius 3 is 2.83 bits per heavy atom. The Morgan fingerprint density at radius 1 is 1.58 bits per heavy atom. The molecule has 0 aliphatic heterocycles. The molecule has 64 valence electrons. The lowest BCUT2D eigenvalue weighted by atomic mass is 10.1. The third-order valence-corrected chi connectivity index (χ3v) is 2.35. The molecule has 0 aliphatic rings. The van der Waals surface area contributed by atoms with Crippen LogP contribution in [0.1, 0.15) is 17.2 Å². The average molecular weight is 182 g/mol. The van der Waals surface area contributed by atoms with Crippen LogP contribution in [-0.4, -0.2) is 0 Å². The first-order chi connectivity index (χ1) is 5.66. The highest BCUT2D eigenvalue weighted by Crippen LogP contribution is 2.24. The van der Waals surface area contributed by atoms with E-state index in [2.05, 4.69) is 6.58 Å². The van der Waals surface area contributed by atoms with Gasteiger partial charge in [0.1, 0.15) is 0 Å². The topological polar surface area (TPSA) is 26.0 Å². The van der Waals surface area contributed by atoms with Gasteiger partial charge in [-0.25, -0.2) is 0 Å². The van der Waals surface area contributed by atoms with Crippen molar-refractivity contribution < 1.29 is 0 Å². The number of hydrogen-bond donors (Lipinski definition) is 1. The summed E-state index contributed by atoms with van der Waals surface area (Å²) >= 11 is 6.04. The van der Waals surface area contributed by atoms with Crippen molar-refractivity contribution in [2.24, 2.45) is 5.73 Å². The first kappa shape index (κ1) is 9.30. The van der Waals surface area contributed by atoms with Crippen molar-refractivity contribution in [2.45, 2.75) is 13.0 Å². The Bertz CT molecular complexity index is 294. The summed E-state index contributed by atoms with van der Waals surface area (Å²) in [5, 5.41) is 0.741. The van der Waals surface area contributed by atoms with Crippen LogP contribution in [-0.2, 0) is 0 Å². The molecular formula is C10H12ClN. The number of hydrogen-bond acceptors (Lipinski definition) is 1. The van der Waals surface area contributed by atoms with E-state index in [9.17, 15) is 0 Å². The van der Waals surface area contributed by atoms with Crippen LogP contribution in [0, 0.1) is 6.92 Å². The minimum atomic E-state index is -0.169. The van der Waals surface area contributed by atoms with Gasteiger partial charge < -0.3 is 5.73 Å². The van der Waals surface area contributed by atoms with Crippen LogP contribution in [0.15, 0.2) is 30.9 Å². The highest BCUT2D eigenvalue weighted by molar-refractivity contribution is 6.32. The Kier molecular flexibility index (Phi) is 2.90. The van der Waals surface area contributed by atoms with Crippen molar-refractivity contribution in [1.82, 2.24) is 0 Å². The largest absolute Gasteiger partial charge is 0.321 e. The second kappa shape index (κ2) is 3.74. The van der Waals surface area contributed by atoms with E-state index >= 15 is 0 Å². The lowest BCUT2D eigenvalue weighted by Gasteiger charge is -2.10. The molecule has 12 heavy (non-hydrogen) atoms. The van der Waals surface area contributed by atoms with Gasteiger partial charge in [0.25, 0.3) is 0 Å². The monoisotopic (exact) mass is 181 g/mol. The molecule has 0 aliphatic carbocycles.